The topological polar surface area (TPSA) is 47.6 Å². The van der Waals surface area contributed by atoms with E-state index in [0.29, 0.717) is 23.6 Å². The summed E-state index contributed by atoms with van der Waals surface area (Å²) >= 11 is 2.16. The minimum Gasteiger partial charge on any atom is -0.493 e. The Morgan fingerprint density at radius 1 is 1.17 bits per heavy atom. The van der Waals surface area contributed by atoms with Gasteiger partial charge >= 0.3 is 0 Å². The van der Waals surface area contributed by atoms with Crippen molar-refractivity contribution in [2.75, 3.05) is 7.11 Å². The quantitative estimate of drug-likeness (QED) is 0.712. The fourth-order valence-electron chi connectivity index (χ4n) is 2.10. The second-order valence-corrected chi connectivity index (χ2v) is 6.48. The number of carbonyl (C=O) groups excluding carboxylic acids is 1. The number of methoxy groups -OCH3 is 1. The second kappa shape index (κ2) is 8.19. The van der Waals surface area contributed by atoms with Gasteiger partial charge in [0.15, 0.2) is 11.5 Å². The van der Waals surface area contributed by atoms with Crippen LogP contribution in [0.2, 0.25) is 0 Å². The van der Waals surface area contributed by atoms with E-state index in [1.54, 1.807) is 7.11 Å². The Morgan fingerprint density at radius 2 is 1.91 bits per heavy atom. The van der Waals surface area contributed by atoms with Crippen LogP contribution in [-0.4, -0.2) is 19.1 Å². The smallest absolute Gasteiger partial charge is 0.252 e. The summed E-state index contributed by atoms with van der Waals surface area (Å²) < 4.78 is 12.0. The third kappa shape index (κ3) is 4.86. The minimum absolute atomic E-state index is 0.0783. The van der Waals surface area contributed by atoms with Gasteiger partial charge in [-0.15, -0.1) is 0 Å². The number of ether oxygens (including phenoxy) is 2. The largest absolute Gasteiger partial charge is 0.493 e. The van der Waals surface area contributed by atoms with Crippen molar-refractivity contribution in [3.63, 3.8) is 0 Å². The van der Waals surface area contributed by atoms with Gasteiger partial charge in [0.05, 0.1) is 18.8 Å². The van der Waals surface area contributed by atoms with Crippen LogP contribution in [0.25, 0.3) is 0 Å². The van der Waals surface area contributed by atoms with Gasteiger partial charge in [-0.3, -0.25) is 4.79 Å². The molecule has 2 aromatic rings. The van der Waals surface area contributed by atoms with Gasteiger partial charge in [0.2, 0.25) is 0 Å². The molecule has 0 spiro atoms. The van der Waals surface area contributed by atoms with Crippen LogP contribution >= 0.6 is 22.6 Å². The van der Waals surface area contributed by atoms with Gasteiger partial charge in [0.1, 0.15) is 0 Å². The van der Waals surface area contributed by atoms with Crippen LogP contribution in [0.4, 0.5) is 0 Å². The van der Waals surface area contributed by atoms with Crippen molar-refractivity contribution >= 4 is 28.5 Å². The van der Waals surface area contributed by atoms with Gasteiger partial charge < -0.3 is 14.8 Å². The molecule has 122 valence electrons. The fraction of sp³-hybridized carbons (Fsp3) is 0.278. The third-order valence-corrected chi connectivity index (χ3v) is 4.10. The van der Waals surface area contributed by atoms with Crippen LogP contribution in [0.15, 0.2) is 42.5 Å². The number of hydrogen-bond donors (Lipinski definition) is 1. The molecule has 1 amide bonds. The number of rotatable bonds is 6. The fourth-order valence-corrected chi connectivity index (χ4v) is 2.73. The minimum atomic E-state index is -0.0866. The van der Waals surface area contributed by atoms with Gasteiger partial charge in [-0.1, -0.05) is 18.2 Å². The maximum Gasteiger partial charge on any atom is 0.252 e. The predicted molar refractivity (Wildman–Crippen MR) is 99.1 cm³/mol. The highest BCUT2D eigenvalue weighted by Gasteiger charge is 2.11. The van der Waals surface area contributed by atoms with Crippen molar-refractivity contribution in [2.45, 2.75) is 26.5 Å². The molecule has 0 heterocycles. The molecule has 0 bridgehead atoms. The highest BCUT2D eigenvalue weighted by molar-refractivity contribution is 14.1. The molecule has 0 saturated heterocycles. The summed E-state index contributed by atoms with van der Waals surface area (Å²) in [6.07, 6.45) is 0.0783. The van der Waals surface area contributed by atoms with E-state index in [2.05, 4.69) is 27.9 Å². The lowest BCUT2D eigenvalue weighted by Gasteiger charge is -2.15. The van der Waals surface area contributed by atoms with Crippen LogP contribution in [0, 0.1) is 3.57 Å². The van der Waals surface area contributed by atoms with Crippen molar-refractivity contribution in [1.82, 2.24) is 5.32 Å². The zero-order chi connectivity index (χ0) is 16.8. The van der Waals surface area contributed by atoms with Crippen LogP contribution in [0.3, 0.4) is 0 Å². The lowest BCUT2D eigenvalue weighted by molar-refractivity contribution is 0.0950. The van der Waals surface area contributed by atoms with E-state index < -0.39 is 0 Å². The van der Waals surface area contributed by atoms with E-state index in [9.17, 15) is 4.79 Å². The Hall–Kier alpha value is -1.76. The summed E-state index contributed by atoms with van der Waals surface area (Å²) in [4.78, 5) is 12.2. The van der Waals surface area contributed by atoms with Crippen molar-refractivity contribution in [2.24, 2.45) is 0 Å². The molecule has 2 rings (SSSR count). The monoisotopic (exact) mass is 425 g/mol. The third-order valence-electron chi connectivity index (χ3n) is 3.16. The van der Waals surface area contributed by atoms with E-state index in [0.717, 1.165) is 9.13 Å². The van der Waals surface area contributed by atoms with Crippen molar-refractivity contribution in [3.05, 3.63) is 57.2 Å². The zero-order valence-electron chi connectivity index (χ0n) is 13.4. The molecule has 4 nitrogen and oxygen atoms in total. The normalized spacial score (nSPS) is 10.5. The Balaban J connectivity index is 2.06. The first-order chi connectivity index (χ1) is 11.0. The Morgan fingerprint density at radius 3 is 2.57 bits per heavy atom. The maximum absolute atomic E-state index is 12.2. The van der Waals surface area contributed by atoms with Gasteiger partial charge in [0, 0.05) is 10.1 Å². The van der Waals surface area contributed by atoms with Gasteiger partial charge in [-0.05, 0) is 66.3 Å². The molecule has 23 heavy (non-hydrogen) atoms. The molecule has 0 radical (unpaired) electrons. The molecule has 5 heteroatoms. The van der Waals surface area contributed by atoms with E-state index in [1.165, 1.54) is 0 Å². The van der Waals surface area contributed by atoms with E-state index in [1.807, 2.05) is 56.3 Å². The molecule has 1 N–H and O–H groups in total. The Kier molecular flexibility index (Phi) is 6.27. The molecule has 0 aliphatic carbocycles. The van der Waals surface area contributed by atoms with Crippen LogP contribution < -0.4 is 14.8 Å². The molecular formula is C18H20INO3. The molecule has 0 aromatic heterocycles. The lowest BCUT2D eigenvalue weighted by atomic mass is 10.1. The van der Waals surface area contributed by atoms with Crippen LogP contribution in [0.1, 0.15) is 29.8 Å². The average Bonchev–Trinajstić information content (AvgIpc) is 2.53. The standard InChI is InChI=1S/C18H20INO3/c1-12(2)23-16-9-8-13(10-17(16)22-3)11-20-18(21)14-6-4-5-7-15(14)19/h4-10,12H,11H2,1-3H3,(H,20,21). The first kappa shape index (κ1) is 17.6. The molecule has 0 atom stereocenters. The van der Waals surface area contributed by atoms with Crippen LogP contribution in [0.5, 0.6) is 11.5 Å². The van der Waals surface area contributed by atoms with E-state index in [4.69, 9.17) is 9.47 Å². The zero-order valence-corrected chi connectivity index (χ0v) is 15.6. The van der Waals surface area contributed by atoms with Gasteiger partial charge in [0.25, 0.3) is 5.91 Å². The van der Waals surface area contributed by atoms with E-state index >= 15 is 0 Å². The Bertz CT molecular complexity index is 686. The summed E-state index contributed by atoms with van der Waals surface area (Å²) in [6, 6.07) is 13.2. The number of carbonyl (C=O) groups is 1. The summed E-state index contributed by atoms with van der Waals surface area (Å²) in [5.74, 6) is 1.28. The summed E-state index contributed by atoms with van der Waals surface area (Å²) in [7, 11) is 1.61. The highest BCUT2D eigenvalue weighted by atomic mass is 127. The van der Waals surface area contributed by atoms with Crippen molar-refractivity contribution in [3.8, 4) is 11.5 Å². The summed E-state index contributed by atoms with van der Waals surface area (Å²) in [5.41, 5.74) is 1.64. The van der Waals surface area contributed by atoms with Crippen LogP contribution in [-0.2, 0) is 6.54 Å². The number of halogens is 1. The number of hydrogen-bond acceptors (Lipinski definition) is 3. The molecule has 0 aliphatic rings. The molecule has 0 unspecified atom stereocenters. The molecule has 0 aliphatic heterocycles. The predicted octanol–water partition coefficient (Wildman–Crippen LogP) is 4.02. The first-order valence-electron chi connectivity index (χ1n) is 7.37. The molecule has 0 saturated carbocycles. The number of amides is 1. The van der Waals surface area contributed by atoms with Crippen molar-refractivity contribution < 1.29 is 14.3 Å². The summed E-state index contributed by atoms with van der Waals surface area (Å²) in [6.45, 7) is 4.37. The lowest BCUT2D eigenvalue weighted by Crippen LogP contribution is -2.23. The number of nitrogens with one attached hydrogen (secondary N) is 1. The van der Waals surface area contributed by atoms with E-state index in [-0.39, 0.29) is 12.0 Å². The molecule has 2 aromatic carbocycles. The maximum atomic E-state index is 12.2. The highest BCUT2D eigenvalue weighted by Crippen LogP contribution is 2.29. The summed E-state index contributed by atoms with van der Waals surface area (Å²) in [5, 5.41) is 2.93. The molecule has 0 fully saturated rings. The second-order valence-electron chi connectivity index (χ2n) is 5.31. The van der Waals surface area contributed by atoms with Crippen molar-refractivity contribution in [1.29, 1.82) is 0 Å². The Labute approximate surface area is 150 Å². The van der Waals surface area contributed by atoms with Gasteiger partial charge in [-0.2, -0.15) is 0 Å². The van der Waals surface area contributed by atoms with Gasteiger partial charge in [-0.25, -0.2) is 0 Å². The first-order valence-corrected chi connectivity index (χ1v) is 8.45. The number of benzene rings is 2. The average molecular weight is 425 g/mol. The SMILES string of the molecule is COc1cc(CNC(=O)c2ccccc2I)ccc1OC(C)C. The molecular weight excluding hydrogens is 405 g/mol.